The van der Waals surface area contributed by atoms with Crippen molar-refractivity contribution in [3.05, 3.63) is 141 Å². The number of ether oxygens (including phenoxy) is 6. The number of phenols is 3. The van der Waals surface area contributed by atoms with Gasteiger partial charge in [0.25, 0.3) is 0 Å². The summed E-state index contributed by atoms with van der Waals surface area (Å²) in [5.74, 6) is -15.3. The first-order valence-corrected chi connectivity index (χ1v) is 40.5. The number of fused-ring (bicyclic) bond motifs is 16. The van der Waals surface area contributed by atoms with Crippen molar-refractivity contribution >= 4 is 87.9 Å². The maximum Gasteiger partial charge on any atom is 0.407 e. The molecule has 8 amide bonds. The van der Waals surface area contributed by atoms with Crippen molar-refractivity contribution in [1.29, 1.82) is 0 Å². The van der Waals surface area contributed by atoms with Gasteiger partial charge in [0.2, 0.25) is 41.6 Å². The predicted molar refractivity (Wildman–Crippen MR) is 423 cm³/mol. The second-order valence-electron chi connectivity index (χ2n) is 32.4. The SMILES string of the molecule is CC[C@H](CC(C)C)C(=O)N[C@H]1C(=O)C[C@@H](CC(=O)NC(=O)Nc2ccc(OCCCNC)cc2)C(=O)N[C@H]2C(=O)C[C@H]3C(=O)N[C@H](C(=O)N[C@H](C(=O)CC4C5CC6CC(C5)CC4C6)c4cc(O)cc(O)c4-c4cc3ccc4O)[C@H](O)c3ccc(c(Cl)c3)Oc3cc2cc(c3O[C@@H]2O[C@@H]3CNC(=O)O[C@H]3[C@H](O)[C@H]2O)Oc2ccc(cc2Cl)[C@H]1O. The van der Waals surface area contributed by atoms with Gasteiger partial charge in [0.05, 0.1) is 35.0 Å². The van der Waals surface area contributed by atoms with Gasteiger partial charge in [-0.1, -0.05) is 62.2 Å². The number of Topliss-reactive ketones (excluding diaryl/α,β-unsaturated/α-hetero) is 3. The van der Waals surface area contributed by atoms with Crippen LogP contribution in [-0.2, 0) is 47.8 Å². The summed E-state index contributed by atoms with van der Waals surface area (Å²) < 4.78 is 37.3. The van der Waals surface area contributed by atoms with E-state index in [1.165, 1.54) is 60.7 Å². The number of halogens is 2. The maximum atomic E-state index is 16.6. The van der Waals surface area contributed by atoms with Gasteiger partial charge in [0, 0.05) is 54.5 Å². The second-order valence-corrected chi connectivity index (χ2v) is 33.2. The Balaban J connectivity index is 0.931. The van der Waals surface area contributed by atoms with Gasteiger partial charge in [-0.05, 0) is 207 Å². The number of phenolic OH excluding ortho intramolecular Hbond substituents is 3. The predicted octanol–water partition coefficient (Wildman–Crippen LogP) is 8.84. The van der Waals surface area contributed by atoms with Crippen LogP contribution in [0.4, 0.5) is 15.3 Å². The number of carbonyl (C=O) groups is 10. The van der Waals surface area contributed by atoms with E-state index in [-0.39, 0.29) is 109 Å². The van der Waals surface area contributed by atoms with Crippen LogP contribution in [-0.4, -0.2) is 164 Å². The summed E-state index contributed by atoms with van der Waals surface area (Å²) in [6.45, 7) is 6.31. The van der Waals surface area contributed by atoms with Gasteiger partial charge >= 0.3 is 12.1 Å². The first-order chi connectivity index (χ1) is 56.4. The third kappa shape index (κ3) is 18.2. The molecular formula is C85H94Cl2N8O23. The number of urea groups is 1. The minimum atomic E-state index is -2.21. The second kappa shape index (κ2) is 35.5. The molecule has 14 atom stereocenters. The number of amides is 8. The number of ketones is 3. The molecule has 31 nitrogen and oxygen atoms in total. The van der Waals surface area contributed by atoms with Crippen molar-refractivity contribution in [2.45, 2.75) is 171 Å². The van der Waals surface area contributed by atoms with Gasteiger partial charge in [-0.25, -0.2) is 9.59 Å². The van der Waals surface area contributed by atoms with Crippen molar-refractivity contribution in [3.63, 3.8) is 0 Å². The number of rotatable bonds is 18. The van der Waals surface area contributed by atoms with Gasteiger partial charge in [0.1, 0.15) is 89.2 Å². The Bertz CT molecular complexity index is 4880. The van der Waals surface area contributed by atoms with Gasteiger partial charge in [-0.3, -0.25) is 43.7 Å². The third-order valence-corrected chi connectivity index (χ3v) is 24.4. The summed E-state index contributed by atoms with van der Waals surface area (Å²) in [4.78, 5) is 151. The molecule has 0 radical (unpaired) electrons. The molecule has 6 aromatic rings. The molecule has 6 fully saturated rings. The van der Waals surface area contributed by atoms with Crippen molar-refractivity contribution < 1.29 is 112 Å². The van der Waals surface area contributed by atoms with Crippen molar-refractivity contribution in [2.24, 2.45) is 47.3 Å². The number of aliphatic hydroxyl groups is 4. The molecule has 11 aliphatic rings. The average molecular weight is 1670 g/mol. The zero-order valence-electron chi connectivity index (χ0n) is 64.9. The van der Waals surface area contributed by atoms with Crippen LogP contribution in [0.1, 0.15) is 156 Å². The highest BCUT2D eigenvalue weighted by atomic mass is 35.5. The number of carbonyl (C=O) groups excluding carboxylic acids is 10. The molecule has 17 rings (SSSR count). The number of alkyl carbamates (subject to hydrolysis) is 1. The van der Waals surface area contributed by atoms with Crippen LogP contribution in [0, 0.1) is 47.3 Å². The minimum absolute atomic E-state index is 0.0387. The molecule has 0 unspecified atom stereocenters. The first-order valence-electron chi connectivity index (χ1n) is 39.7. The van der Waals surface area contributed by atoms with Crippen LogP contribution in [0.15, 0.2) is 103 Å². The molecule has 118 heavy (non-hydrogen) atoms. The van der Waals surface area contributed by atoms with E-state index in [0.717, 1.165) is 62.4 Å². The van der Waals surface area contributed by atoms with E-state index in [4.69, 9.17) is 51.6 Å². The fraction of sp³-hybridized carbons (Fsp3) is 0.459. The number of benzene rings is 6. The molecule has 15 N–H and O–H groups in total. The Morgan fingerprint density at radius 1 is 0.669 bits per heavy atom. The highest BCUT2D eigenvalue weighted by Crippen LogP contribution is 2.58. The van der Waals surface area contributed by atoms with E-state index in [9.17, 15) is 54.9 Å². The van der Waals surface area contributed by atoms with E-state index < -0.39 is 198 Å². The number of aliphatic hydroxyl groups excluding tert-OH is 4. The van der Waals surface area contributed by atoms with E-state index >= 15 is 28.8 Å². The number of anilines is 1. The van der Waals surface area contributed by atoms with E-state index in [1.807, 2.05) is 13.8 Å². The summed E-state index contributed by atoms with van der Waals surface area (Å²) in [5.41, 5.74) is -1.35. The average Bonchev–Trinajstić information content (AvgIpc) is 0.753. The summed E-state index contributed by atoms with van der Waals surface area (Å²) in [6.07, 6.45) is -10.8. The highest BCUT2D eigenvalue weighted by molar-refractivity contribution is 6.32. The zero-order chi connectivity index (χ0) is 83.8. The lowest BCUT2D eigenvalue weighted by atomic mass is 9.51. The summed E-state index contributed by atoms with van der Waals surface area (Å²) in [7, 11) is 1.80. The van der Waals surface area contributed by atoms with Crippen LogP contribution in [0.25, 0.3) is 11.1 Å². The number of aromatic hydroxyl groups is 3. The Morgan fingerprint density at radius 2 is 1.33 bits per heavy atom. The molecule has 0 spiro atoms. The smallest absolute Gasteiger partial charge is 0.407 e. The normalized spacial score (nSPS) is 28.1. The fourth-order valence-corrected chi connectivity index (χ4v) is 18.6. The molecule has 2 saturated heterocycles. The van der Waals surface area contributed by atoms with E-state index in [1.54, 1.807) is 26.1 Å². The Labute approximate surface area is 687 Å². The highest BCUT2D eigenvalue weighted by Gasteiger charge is 2.53. The minimum Gasteiger partial charge on any atom is -0.508 e. The van der Waals surface area contributed by atoms with Crippen LogP contribution in [0.3, 0.4) is 0 Å². The Morgan fingerprint density at radius 3 is 1.97 bits per heavy atom. The number of hydrogen-bond acceptors (Lipinski definition) is 24. The zero-order valence-corrected chi connectivity index (χ0v) is 66.4. The van der Waals surface area contributed by atoms with Crippen LogP contribution < -0.4 is 61.5 Å². The lowest BCUT2D eigenvalue weighted by Gasteiger charge is -2.54. The standard InChI is InChI=1S/C85H94Cl2N8O23/c1-5-40(19-37(2)3)79(107)94-71-59(99)28-47(31-67(102)91-84(111)90-48-10-12-50(13-11-48)113-18-6-17-88-4)80(108)92-69-46-29-64(114-62-15-8-42(73(71)103)26-55(62)86)77(117-83-76(106)75(105)78-66(116-83)36-89-85(112)118-78)65(30-46)115-63-16-9-43(27-56(63)87)74(104)72-82(110)93-70(61(101)34-51-44-21-38-20-39(23-44)24-45(51)22-38)54-32-49(96)33-58(98)68(54)53-25-41(7-14-57(53)97)52(35-60(69)100)81(109)95-72/h7-16,25-27,29-30,32-33,37-40,44-45,47,51-52,66,69-76,78,83,88,96-98,103-106H,5-6,17-24,28,31,34-36H2,1-4H3,(H,89,112)(H,92,108)(H,93,110)(H,94,107)(H,95,109)(H2,90,91,102,111)/t38?,39?,40-,44?,45?,47+,51?,52-,66-,69-,70+,71+,72+,73-,74-,75-,76-,78-,83+/m1/s1. The lowest BCUT2D eigenvalue weighted by molar-refractivity contribution is -0.275. The Hall–Kier alpha value is -10.6. The fourth-order valence-electron chi connectivity index (χ4n) is 18.1. The molecule has 4 aliphatic carbocycles. The number of imide groups is 1. The molecular weight excluding hydrogens is 1570 g/mol. The van der Waals surface area contributed by atoms with Crippen molar-refractivity contribution in [3.8, 4) is 62.9 Å². The van der Waals surface area contributed by atoms with Crippen LogP contribution in [0.2, 0.25) is 10.0 Å². The van der Waals surface area contributed by atoms with Crippen molar-refractivity contribution in [2.75, 3.05) is 32.1 Å². The summed E-state index contributed by atoms with van der Waals surface area (Å²) >= 11 is 14.4. The molecule has 7 heterocycles. The van der Waals surface area contributed by atoms with E-state index in [2.05, 4.69) is 42.5 Å². The largest absolute Gasteiger partial charge is 0.508 e. The van der Waals surface area contributed by atoms with Crippen LogP contribution in [0.5, 0.6) is 51.7 Å². The molecule has 626 valence electrons. The molecule has 6 aromatic carbocycles. The topological polar surface area (TPSA) is 464 Å². The van der Waals surface area contributed by atoms with E-state index in [0.29, 0.717) is 43.6 Å². The summed E-state index contributed by atoms with van der Waals surface area (Å²) in [5, 5.41) is 105. The quantitative estimate of drug-likeness (QED) is 0.0357. The third-order valence-electron chi connectivity index (χ3n) is 23.8. The first kappa shape index (κ1) is 83.8. The van der Waals surface area contributed by atoms with Gasteiger partial charge < -0.3 is 101 Å². The van der Waals surface area contributed by atoms with Gasteiger partial charge in [-0.15, -0.1) is 0 Å². The lowest BCUT2D eigenvalue weighted by Crippen LogP contribution is -2.65. The monoisotopic (exact) mass is 1660 g/mol. The maximum absolute atomic E-state index is 16.6. The molecule has 0 aromatic heterocycles. The Kier molecular flexibility index (Phi) is 25.2. The van der Waals surface area contributed by atoms with Crippen LogP contribution >= 0.6 is 23.2 Å². The number of nitrogens with one attached hydrogen (secondary N) is 8. The van der Waals surface area contributed by atoms with Crippen molar-refractivity contribution in [1.82, 2.24) is 37.2 Å². The van der Waals surface area contributed by atoms with Gasteiger partial charge in [0.15, 0.2) is 35.0 Å². The molecule has 4 saturated carbocycles. The molecule has 15 bridgehead atoms. The van der Waals surface area contributed by atoms with Gasteiger partial charge in [-0.2, -0.15) is 0 Å². The number of hydrogen-bond donors (Lipinski definition) is 15. The molecule has 7 aliphatic heterocycles. The molecule has 33 heteroatoms. The summed E-state index contributed by atoms with van der Waals surface area (Å²) in [6, 6.07) is 12.4.